The number of fused-ring (bicyclic) bond motifs is 2. The van der Waals surface area contributed by atoms with Crippen LogP contribution in [0.5, 0.6) is 0 Å². The van der Waals surface area contributed by atoms with Crippen LogP contribution in [0.25, 0.3) is 22.1 Å². The number of hydrogen-bond donors (Lipinski definition) is 2. The van der Waals surface area contributed by atoms with Gasteiger partial charge in [-0.2, -0.15) is 0 Å². The Labute approximate surface area is 447 Å². The molecule has 2 atom stereocenters. The predicted molar refractivity (Wildman–Crippen MR) is 286 cm³/mol. The smallest absolute Gasteiger partial charge is 0.305 e. The number of anilines is 2. The van der Waals surface area contributed by atoms with E-state index in [-0.39, 0.29) is 75.6 Å². The summed E-state index contributed by atoms with van der Waals surface area (Å²) in [6.07, 6.45) is 7.15. The number of likely N-dealkylation sites (tertiary alicyclic amines) is 2. The Bertz CT molecular complexity index is 2330. The van der Waals surface area contributed by atoms with Crippen molar-refractivity contribution >= 4 is 115 Å². The molecule has 2 aromatic heterocycles. The van der Waals surface area contributed by atoms with Crippen LogP contribution in [-0.2, 0) is 65.2 Å². The number of amides is 4. The lowest BCUT2D eigenvalue weighted by Crippen LogP contribution is -2.40. The molecule has 2 N–H and O–H groups in total. The first kappa shape index (κ1) is 57.6. The van der Waals surface area contributed by atoms with Gasteiger partial charge >= 0.3 is 11.9 Å². The molecule has 22 heteroatoms. The van der Waals surface area contributed by atoms with E-state index in [1.807, 2.05) is 47.5 Å². The van der Waals surface area contributed by atoms with Crippen LogP contribution >= 0.6 is 46.4 Å². The number of nitrogens with zero attached hydrogens (tertiary/aromatic N) is 8. The molecular weight excluding hydrogens is 1020 g/mol. The summed E-state index contributed by atoms with van der Waals surface area (Å²) in [4.78, 5) is 92.5. The molecule has 0 bridgehead atoms. The van der Waals surface area contributed by atoms with Gasteiger partial charge in [0.25, 0.3) is 0 Å². The number of aryl methyl sites for hydroxylation is 4. The van der Waals surface area contributed by atoms with Crippen LogP contribution in [0.3, 0.4) is 0 Å². The number of unbranched alkanes of at least 4 members (excludes halogenated alkanes) is 4. The molecule has 0 aliphatic carbocycles. The fraction of sp³-hybridized carbons (Fsp3) is 0.608. The van der Waals surface area contributed by atoms with E-state index in [9.17, 15) is 28.8 Å². The molecule has 400 valence electrons. The lowest BCUT2D eigenvalue weighted by Gasteiger charge is -2.22. The second kappa shape index (κ2) is 29.4. The Morgan fingerprint density at radius 1 is 0.589 bits per heavy atom. The summed E-state index contributed by atoms with van der Waals surface area (Å²) in [5, 5.41) is 6.41. The number of halogens is 4. The molecule has 2 aliphatic rings. The standard InChI is InChI=1S/C51H70Cl4N10O8/c1-60-42-32-36(62(24-18-52)25-19-53)14-16-38(42)58-44(60)10-8-12-48(68)72-30-28-64-46(66)34-40(50(64)70)56-22-6-4-3-5-7-23-57-41-35-47(67)65(51(41)71)29-31-73-49(69)13-9-11-45-59-39-17-15-37(33-43(39)61(45)2)63(26-20-54)27-21-55/h14-17,32-33,40-41,56-57H,3-13,18-31,34-35H2,1-2H3. The van der Waals surface area contributed by atoms with E-state index in [1.54, 1.807) is 0 Å². The number of imidazole rings is 2. The van der Waals surface area contributed by atoms with Crippen LogP contribution in [0, 0.1) is 0 Å². The number of alkyl halides is 4. The van der Waals surface area contributed by atoms with Crippen molar-refractivity contribution in [2.75, 3.05) is 98.9 Å². The zero-order valence-electron chi connectivity index (χ0n) is 42.1. The van der Waals surface area contributed by atoms with Gasteiger partial charge < -0.3 is 39.0 Å². The van der Waals surface area contributed by atoms with Gasteiger partial charge in [0.1, 0.15) is 24.9 Å². The maximum atomic E-state index is 13.0. The maximum absolute atomic E-state index is 13.0. The summed E-state index contributed by atoms with van der Waals surface area (Å²) in [7, 11) is 3.91. The summed E-state index contributed by atoms with van der Waals surface area (Å²) >= 11 is 24.0. The van der Waals surface area contributed by atoms with Crippen LogP contribution in [-0.4, -0.2) is 166 Å². The van der Waals surface area contributed by atoms with Crippen molar-refractivity contribution in [2.24, 2.45) is 14.1 Å². The van der Waals surface area contributed by atoms with Gasteiger partial charge in [0.2, 0.25) is 23.6 Å². The number of benzene rings is 2. The highest BCUT2D eigenvalue weighted by Gasteiger charge is 2.39. The molecule has 4 amide bonds. The third kappa shape index (κ3) is 16.1. The Balaban J connectivity index is 0.770. The normalized spacial score (nSPS) is 16.0. The average Bonchev–Trinajstić information content (AvgIpc) is 4.05. The van der Waals surface area contributed by atoms with E-state index in [4.69, 9.17) is 65.8 Å². The fourth-order valence-corrected chi connectivity index (χ4v) is 10.2. The van der Waals surface area contributed by atoms with Crippen molar-refractivity contribution in [1.82, 2.24) is 39.5 Å². The number of imide groups is 2. The average molecular weight is 1090 g/mol. The lowest BCUT2D eigenvalue weighted by molar-refractivity contribution is -0.148. The largest absolute Gasteiger partial charge is 0.464 e. The van der Waals surface area contributed by atoms with E-state index in [1.165, 1.54) is 0 Å². The summed E-state index contributed by atoms with van der Waals surface area (Å²) in [5.74, 6) is 1.69. The summed E-state index contributed by atoms with van der Waals surface area (Å²) in [6.45, 7) is 3.81. The Hall–Kier alpha value is -4.72. The van der Waals surface area contributed by atoms with E-state index in [0.717, 1.165) is 87.0 Å². The lowest BCUT2D eigenvalue weighted by atomic mass is 10.1. The minimum absolute atomic E-state index is 0.0164. The van der Waals surface area contributed by atoms with Crippen LogP contribution in [0.2, 0.25) is 0 Å². The summed E-state index contributed by atoms with van der Waals surface area (Å²) < 4.78 is 14.8. The number of carbonyl (C=O) groups excluding carboxylic acids is 6. The number of ether oxygens (including phenoxy) is 2. The molecule has 6 rings (SSSR count). The van der Waals surface area contributed by atoms with Crippen molar-refractivity contribution in [2.45, 2.75) is 95.6 Å². The Morgan fingerprint density at radius 2 is 0.973 bits per heavy atom. The minimum atomic E-state index is -0.598. The second-order valence-electron chi connectivity index (χ2n) is 18.4. The molecular formula is C51H70Cl4N10O8. The highest BCUT2D eigenvalue weighted by molar-refractivity contribution is 6.19. The Kier molecular flexibility index (Phi) is 23.2. The van der Waals surface area contributed by atoms with Gasteiger partial charge in [-0.25, -0.2) is 9.97 Å². The third-order valence-corrected chi connectivity index (χ3v) is 14.1. The molecule has 0 saturated carbocycles. The van der Waals surface area contributed by atoms with Crippen molar-refractivity contribution in [3.63, 3.8) is 0 Å². The molecule has 2 saturated heterocycles. The van der Waals surface area contributed by atoms with Gasteiger partial charge in [-0.15, -0.1) is 46.4 Å². The summed E-state index contributed by atoms with van der Waals surface area (Å²) in [6, 6.07) is 10.9. The van der Waals surface area contributed by atoms with E-state index < -0.39 is 24.0 Å². The monoisotopic (exact) mass is 1090 g/mol. The zero-order valence-corrected chi connectivity index (χ0v) is 45.1. The quantitative estimate of drug-likeness (QED) is 0.0245. The number of rotatable bonds is 34. The number of nitrogens with one attached hydrogen (secondary N) is 2. The number of esters is 2. The van der Waals surface area contributed by atoms with Crippen molar-refractivity contribution in [1.29, 1.82) is 0 Å². The highest BCUT2D eigenvalue weighted by Crippen LogP contribution is 2.26. The first-order valence-corrected chi connectivity index (χ1v) is 27.6. The SMILES string of the molecule is Cn1c(CCCC(=O)OCCN2C(=O)CC(NCCCCCCCNC3CC(=O)N(CCOC(=O)CCCc4nc5ccc(N(CCCl)CCCl)cc5n4C)C3=O)C2=O)nc2ccc(N(CCCl)CCCl)cc21. The van der Waals surface area contributed by atoms with Crippen molar-refractivity contribution < 1.29 is 38.2 Å². The van der Waals surface area contributed by atoms with Gasteiger partial charge in [-0.1, -0.05) is 19.3 Å². The minimum Gasteiger partial charge on any atom is -0.464 e. The van der Waals surface area contributed by atoms with E-state index >= 15 is 0 Å². The molecule has 73 heavy (non-hydrogen) atoms. The summed E-state index contributed by atoms with van der Waals surface area (Å²) in [5.41, 5.74) is 5.73. The van der Waals surface area contributed by atoms with Gasteiger partial charge in [0.05, 0.1) is 60.1 Å². The fourth-order valence-electron chi connectivity index (χ4n) is 9.36. The van der Waals surface area contributed by atoms with Crippen LogP contribution in [0.1, 0.15) is 82.3 Å². The maximum Gasteiger partial charge on any atom is 0.305 e. The van der Waals surface area contributed by atoms with Gasteiger partial charge in [-0.05, 0) is 75.2 Å². The molecule has 2 fully saturated rings. The van der Waals surface area contributed by atoms with Crippen LogP contribution in [0.15, 0.2) is 36.4 Å². The number of aromatic nitrogens is 4. The number of carbonyl (C=O) groups is 6. The van der Waals surface area contributed by atoms with E-state index in [0.29, 0.717) is 88.5 Å². The Morgan fingerprint density at radius 3 is 1.36 bits per heavy atom. The molecule has 4 heterocycles. The molecule has 2 unspecified atom stereocenters. The third-order valence-electron chi connectivity index (χ3n) is 13.4. The number of hydrogen-bond acceptors (Lipinski definition) is 14. The molecule has 2 aromatic carbocycles. The predicted octanol–water partition coefficient (Wildman–Crippen LogP) is 5.84. The first-order chi connectivity index (χ1) is 35.4. The van der Waals surface area contributed by atoms with E-state index in [2.05, 4.69) is 32.6 Å². The zero-order chi connectivity index (χ0) is 52.3. The molecule has 2 aliphatic heterocycles. The second-order valence-corrected chi connectivity index (χ2v) is 19.9. The van der Waals surface area contributed by atoms with Gasteiger partial charge in [-0.3, -0.25) is 38.6 Å². The first-order valence-electron chi connectivity index (χ1n) is 25.5. The topological polar surface area (TPSA) is 194 Å². The molecule has 0 spiro atoms. The van der Waals surface area contributed by atoms with Crippen LogP contribution < -0.4 is 20.4 Å². The van der Waals surface area contributed by atoms with Gasteiger partial charge in [0, 0.05) is 101 Å². The molecule has 0 radical (unpaired) electrons. The molecule has 4 aromatic rings. The highest BCUT2D eigenvalue weighted by atomic mass is 35.5. The molecule has 18 nitrogen and oxygen atoms in total. The van der Waals surface area contributed by atoms with Gasteiger partial charge in [0.15, 0.2) is 0 Å². The van der Waals surface area contributed by atoms with Crippen molar-refractivity contribution in [3.8, 4) is 0 Å². The van der Waals surface area contributed by atoms with Crippen molar-refractivity contribution in [3.05, 3.63) is 48.0 Å². The van der Waals surface area contributed by atoms with Crippen LogP contribution in [0.4, 0.5) is 11.4 Å².